The van der Waals surface area contributed by atoms with Gasteiger partial charge in [0, 0.05) is 18.5 Å². The summed E-state index contributed by atoms with van der Waals surface area (Å²) in [6, 6.07) is 0.110. The van der Waals surface area contributed by atoms with E-state index in [-0.39, 0.29) is 30.2 Å². The number of hydrogen-bond donors (Lipinski definition) is 2. The maximum atomic E-state index is 11.7. The van der Waals surface area contributed by atoms with Gasteiger partial charge in [-0.1, -0.05) is 12.8 Å². The molecule has 98 valence electrons. The molecule has 0 atom stereocenters. The van der Waals surface area contributed by atoms with Crippen molar-refractivity contribution in [2.24, 2.45) is 5.92 Å². The molecule has 2 aliphatic carbocycles. The van der Waals surface area contributed by atoms with E-state index >= 15 is 0 Å². The fraction of sp³-hybridized carbons (Fsp3) is 0.909. The van der Waals surface area contributed by atoms with Gasteiger partial charge in [0.2, 0.25) is 15.9 Å². The van der Waals surface area contributed by atoms with E-state index < -0.39 is 10.0 Å². The number of carbonyl (C=O) groups is 1. The van der Waals surface area contributed by atoms with Gasteiger partial charge in [0.25, 0.3) is 0 Å². The lowest BCUT2D eigenvalue weighted by Gasteiger charge is -2.12. The molecule has 0 saturated heterocycles. The fourth-order valence-electron chi connectivity index (χ4n) is 2.15. The van der Waals surface area contributed by atoms with Crippen molar-refractivity contribution in [3.63, 3.8) is 0 Å². The summed E-state index contributed by atoms with van der Waals surface area (Å²) in [6.07, 6.45) is 5.97. The standard InChI is InChI=1S/C11H20N2O3S/c14-11(9-5-6-9)12-7-8-17(15,16)13-10-3-1-2-4-10/h9-10,13H,1-8H2,(H,12,14). The second-order valence-electron chi connectivity index (χ2n) is 4.98. The molecule has 0 aromatic heterocycles. The summed E-state index contributed by atoms with van der Waals surface area (Å²) in [5.74, 6) is 0.128. The predicted molar refractivity (Wildman–Crippen MR) is 64.9 cm³/mol. The topological polar surface area (TPSA) is 75.3 Å². The van der Waals surface area contributed by atoms with E-state index in [2.05, 4.69) is 10.0 Å². The molecule has 0 radical (unpaired) electrons. The van der Waals surface area contributed by atoms with Crippen LogP contribution in [-0.4, -0.2) is 32.7 Å². The molecule has 0 spiro atoms. The van der Waals surface area contributed by atoms with Gasteiger partial charge in [-0.05, 0) is 25.7 Å². The molecular formula is C11H20N2O3S. The smallest absolute Gasteiger partial charge is 0.223 e. The van der Waals surface area contributed by atoms with Crippen LogP contribution in [0.2, 0.25) is 0 Å². The molecule has 0 aliphatic heterocycles. The second kappa shape index (κ2) is 5.35. The van der Waals surface area contributed by atoms with Crippen molar-refractivity contribution in [1.82, 2.24) is 10.0 Å². The van der Waals surface area contributed by atoms with Crippen molar-refractivity contribution >= 4 is 15.9 Å². The number of hydrogen-bond acceptors (Lipinski definition) is 3. The predicted octanol–water partition coefficient (Wildman–Crippen LogP) is 0.375. The van der Waals surface area contributed by atoms with Gasteiger partial charge in [0.05, 0.1) is 5.75 Å². The molecule has 0 bridgehead atoms. The zero-order valence-electron chi connectivity index (χ0n) is 9.94. The summed E-state index contributed by atoms with van der Waals surface area (Å²) in [5.41, 5.74) is 0. The minimum absolute atomic E-state index is 0.000987. The quantitative estimate of drug-likeness (QED) is 0.724. The summed E-state index contributed by atoms with van der Waals surface area (Å²) < 4.78 is 26.1. The third-order valence-corrected chi connectivity index (χ3v) is 4.75. The van der Waals surface area contributed by atoms with Crippen LogP contribution in [0.4, 0.5) is 0 Å². The van der Waals surface area contributed by atoms with Crippen molar-refractivity contribution in [3.8, 4) is 0 Å². The Bertz CT molecular complexity index is 370. The Kier molecular flexibility index (Phi) is 4.04. The third kappa shape index (κ3) is 4.27. The van der Waals surface area contributed by atoms with E-state index in [0.29, 0.717) is 0 Å². The van der Waals surface area contributed by atoms with E-state index in [9.17, 15) is 13.2 Å². The van der Waals surface area contributed by atoms with Crippen LogP contribution in [0.3, 0.4) is 0 Å². The molecule has 2 saturated carbocycles. The number of nitrogens with one attached hydrogen (secondary N) is 2. The SMILES string of the molecule is O=C(NCCS(=O)(=O)NC1CCCC1)C1CC1. The van der Waals surface area contributed by atoms with Crippen molar-refractivity contribution in [3.05, 3.63) is 0 Å². The molecule has 2 rings (SSSR count). The first kappa shape index (κ1) is 12.8. The molecule has 0 aromatic rings. The van der Waals surface area contributed by atoms with Crippen molar-refractivity contribution in [1.29, 1.82) is 0 Å². The molecule has 0 aromatic carbocycles. The molecule has 2 aliphatic rings. The van der Waals surface area contributed by atoms with Crippen molar-refractivity contribution < 1.29 is 13.2 Å². The molecule has 1 amide bonds. The Labute approximate surface area is 102 Å². The minimum Gasteiger partial charge on any atom is -0.355 e. The third-order valence-electron chi connectivity index (χ3n) is 3.32. The van der Waals surface area contributed by atoms with Gasteiger partial charge in [-0.3, -0.25) is 4.79 Å². The van der Waals surface area contributed by atoms with Crippen LogP contribution in [0.1, 0.15) is 38.5 Å². The molecule has 17 heavy (non-hydrogen) atoms. The Balaban J connectivity index is 1.67. The normalized spacial score (nSPS) is 21.6. The summed E-state index contributed by atoms with van der Waals surface area (Å²) in [6.45, 7) is 0.220. The van der Waals surface area contributed by atoms with Gasteiger partial charge in [0.1, 0.15) is 0 Å². The van der Waals surface area contributed by atoms with Crippen LogP contribution in [0.25, 0.3) is 0 Å². The van der Waals surface area contributed by atoms with Gasteiger partial charge in [-0.2, -0.15) is 0 Å². The highest BCUT2D eigenvalue weighted by Crippen LogP contribution is 2.28. The molecule has 2 N–H and O–H groups in total. The lowest BCUT2D eigenvalue weighted by atomic mass is 10.3. The Morgan fingerprint density at radius 3 is 2.35 bits per heavy atom. The van der Waals surface area contributed by atoms with Gasteiger partial charge < -0.3 is 5.32 Å². The van der Waals surface area contributed by atoms with E-state index in [4.69, 9.17) is 0 Å². The van der Waals surface area contributed by atoms with Crippen LogP contribution in [0, 0.1) is 5.92 Å². The molecule has 0 unspecified atom stereocenters. The van der Waals surface area contributed by atoms with E-state index in [1.807, 2.05) is 0 Å². The van der Waals surface area contributed by atoms with E-state index in [1.54, 1.807) is 0 Å². The number of amides is 1. The summed E-state index contributed by atoms with van der Waals surface area (Å²) in [4.78, 5) is 11.3. The van der Waals surface area contributed by atoms with Gasteiger partial charge in [-0.15, -0.1) is 0 Å². The summed E-state index contributed by atoms with van der Waals surface area (Å²) >= 11 is 0. The number of carbonyl (C=O) groups excluding carboxylic acids is 1. The molecule has 5 nitrogen and oxygen atoms in total. The Morgan fingerprint density at radius 2 is 1.76 bits per heavy atom. The average Bonchev–Trinajstić information content (AvgIpc) is 2.99. The maximum absolute atomic E-state index is 11.7. The maximum Gasteiger partial charge on any atom is 0.223 e. The minimum atomic E-state index is -3.23. The van der Waals surface area contributed by atoms with Crippen LogP contribution >= 0.6 is 0 Å². The average molecular weight is 260 g/mol. The van der Waals surface area contributed by atoms with Crippen molar-refractivity contribution in [2.75, 3.05) is 12.3 Å². The van der Waals surface area contributed by atoms with Gasteiger partial charge in [0.15, 0.2) is 0 Å². The van der Waals surface area contributed by atoms with Crippen LogP contribution in [0.5, 0.6) is 0 Å². The van der Waals surface area contributed by atoms with Gasteiger partial charge >= 0.3 is 0 Å². The van der Waals surface area contributed by atoms with E-state index in [1.165, 1.54) is 0 Å². The Morgan fingerprint density at radius 1 is 1.12 bits per heavy atom. The van der Waals surface area contributed by atoms with Crippen LogP contribution < -0.4 is 10.0 Å². The monoisotopic (exact) mass is 260 g/mol. The zero-order valence-corrected chi connectivity index (χ0v) is 10.8. The fourth-order valence-corrected chi connectivity index (χ4v) is 3.39. The summed E-state index contributed by atoms with van der Waals surface area (Å²) in [7, 11) is -3.23. The first-order valence-corrected chi connectivity index (χ1v) is 8.00. The Hall–Kier alpha value is -0.620. The lowest BCUT2D eigenvalue weighted by molar-refractivity contribution is -0.122. The van der Waals surface area contributed by atoms with Crippen molar-refractivity contribution in [2.45, 2.75) is 44.6 Å². The highest BCUT2D eigenvalue weighted by molar-refractivity contribution is 7.89. The second-order valence-corrected chi connectivity index (χ2v) is 6.86. The first-order chi connectivity index (χ1) is 8.07. The van der Waals surface area contributed by atoms with Crippen LogP contribution in [0.15, 0.2) is 0 Å². The number of sulfonamides is 1. The molecule has 0 heterocycles. The summed E-state index contributed by atoms with van der Waals surface area (Å²) in [5, 5.41) is 2.67. The zero-order chi connectivity index (χ0) is 12.3. The van der Waals surface area contributed by atoms with Gasteiger partial charge in [-0.25, -0.2) is 13.1 Å². The van der Waals surface area contributed by atoms with Crippen LogP contribution in [-0.2, 0) is 14.8 Å². The number of rotatable bonds is 6. The highest BCUT2D eigenvalue weighted by Gasteiger charge is 2.29. The molecule has 6 heteroatoms. The highest BCUT2D eigenvalue weighted by atomic mass is 32.2. The first-order valence-electron chi connectivity index (χ1n) is 6.34. The molecular weight excluding hydrogens is 240 g/mol. The largest absolute Gasteiger partial charge is 0.355 e. The van der Waals surface area contributed by atoms with E-state index in [0.717, 1.165) is 38.5 Å². The molecule has 2 fully saturated rings. The lowest BCUT2D eigenvalue weighted by Crippen LogP contribution is -2.38.